The van der Waals surface area contributed by atoms with Gasteiger partial charge in [-0.1, -0.05) is 60.7 Å². The Hall–Kier alpha value is -2.66. The summed E-state index contributed by atoms with van der Waals surface area (Å²) in [4.78, 5) is 28.8. The molecule has 1 heterocycles. The molecule has 0 unspecified atom stereocenters. The van der Waals surface area contributed by atoms with E-state index in [1.54, 1.807) is 4.90 Å². The fraction of sp³-hybridized carbons (Fsp3) is 0.364. The highest BCUT2D eigenvalue weighted by atomic mass is 16.2. The largest absolute Gasteiger partial charge is 0.354 e. The lowest BCUT2D eigenvalue weighted by atomic mass is 10.0. The van der Waals surface area contributed by atoms with E-state index in [0.29, 0.717) is 19.6 Å². The first-order valence-corrected chi connectivity index (χ1v) is 9.35. The molecule has 2 amide bonds. The van der Waals surface area contributed by atoms with Gasteiger partial charge in [-0.05, 0) is 25.2 Å². The Labute approximate surface area is 161 Å². The molecular weight excluding hydrogens is 338 g/mol. The van der Waals surface area contributed by atoms with Gasteiger partial charge in [0.1, 0.15) is 0 Å². The second kappa shape index (κ2) is 8.82. The molecule has 5 nitrogen and oxygen atoms in total. The average molecular weight is 365 g/mol. The van der Waals surface area contributed by atoms with Crippen LogP contribution in [0.15, 0.2) is 60.7 Å². The molecule has 1 N–H and O–H groups in total. The molecule has 0 radical (unpaired) electrons. The van der Waals surface area contributed by atoms with Gasteiger partial charge in [-0.3, -0.25) is 9.59 Å². The summed E-state index contributed by atoms with van der Waals surface area (Å²) in [5.74, 6) is -0.271. The maximum Gasteiger partial charge on any atom is 0.225 e. The minimum Gasteiger partial charge on any atom is -0.354 e. The van der Waals surface area contributed by atoms with E-state index in [4.69, 9.17) is 0 Å². The number of benzene rings is 2. The van der Waals surface area contributed by atoms with E-state index in [0.717, 1.165) is 11.1 Å². The Morgan fingerprint density at radius 3 is 2.37 bits per heavy atom. The number of carbonyl (C=O) groups is 2. The summed E-state index contributed by atoms with van der Waals surface area (Å²) in [5.41, 5.74) is 2.25. The van der Waals surface area contributed by atoms with Crippen LogP contribution in [0.4, 0.5) is 0 Å². The van der Waals surface area contributed by atoms with Gasteiger partial charge >= 0.3 is 0 Å². The number of nitrogens with one attached hydrogen (secondary N) is 1. The minimum atomic E-state index is -0.278. The highest BCUT2D eigenvalue weighted by Gasteiger charge is 2.34. The van der Waals surface area contributed by atoms with Crippen LogP contribution in [-0.4, -0.2) is 48.8 Å². The first kappa shape index (κ1) is 19.1. The van der Waals surface area contributed by atoms with Crippen LogP contribution in [0.3, 0.4) is 0 Å². The first-order valence-electron chi connectivity index (χ1n) is 9.35. The minimum absolute atomic E-state index is 0.0401. The van der Waals surface area contributed by atoms with Crippen molar-refractivity contribution >= 4 is 11.8 Å². The van der Waals surface area contributed by atoms with Gasteiger partial charge in [0.15, 0.2) is 0 Å². The Bertz CT molecular complexity index is 762. The fourth-order valence-electron chi connectivity index (χ4n) is 3.52. The third-order valence-corrected chi connectivity index (χ3v) is 5.08. The SMILES string of the molecule is CN(C)[C@H](CNC(=O)[C@@H]1CC(=O)N(Cc2ccccc2)C1)c1ccccc1. The molecule has 0 saturated carbocycles. The summed E-state index contributed by atoms with van der Waals surface area (Å²) >= 11 is 0. The zero-order valence-corrected chi connectivity index (χ0v) is 16.0. The summed E-state index contributed by atoms with van der Waals surface area (Å²) < 4.78 is 0. The molecule has 2 aromatic carbocycles. The van der Waals surface area contributed by atoms with Crippen molar-refractivity contribution in [1.82, 2.24) is 15.1 Å². The van der Waals surface area contributed by atoms with Crippen LogP contribution in [0.2, 0.25) is 0 Å². The molecular formula is C22H27N3O2. The molecule has 27 heavy (non-hydrogen) atoms. The van der Waals surface area contributed by atoms with E-state index in [1.165, 1.54) is 0 Å². The fourth-order valence-corrected chi connectivity index (χ4v) is 3.52. The van der Waals surface area contributed by atoms with Crippen LogP contribution in [-0.2, 0) is 16.1 Å². The van der Waals surface area contributed by atoms with Crippen LogP contribution in [0.25, 0.3) is 0 Å². The molecule has 1 aliphatic heterocycles. The van der Waals surface area contributed by atoms with Gasteiger partial charge in [0, 0.05) is 26.1 Å². The van der Waals surface area contributed by atoms with Crippen LogP contribution in [0.1, 0.15) is 23.6 Å². The van der Waals surface area contributed by atoms with E-state index in [1.807, 2.05) is 62.6 Å². The highest BCUT2D eigenvalue weighted by molar-refractivity contribution is 5.89. The predicted octanol–water partition coefficient (Wildman–Crippen LogP) is 2.45. The number of likely N-dealkylation sites (N-methyl/N-ethyl adjacent to an activating group) is 1. The molecule has 3 rings (SSSR count). The van der Waals surface area contributed by atoms with Gasteiger partial charge in [0.05, 0.1) is 12.0 Å². The van der Waals surface area contributed by atoms with E-state index >= 15 is 0 Å². The lowest BCUT2D eigenvalue weighted by Crippen LogP contribution is -2.38. The summed E-state index contributed by atoms with van der Waals surface area (Å²) in [5, 5.41) is 3.05. The third kappa shape index (κ3) is 4.95. The zero-order valence-electron chi connectivity index (χ0n) is 16.0. The molecule has 0 aromatic heterocycles. The number of carbonyl (C=O) groups excluding carboxylic acids is 2. The van der Waals surface area contributed by atoms with Crippen molar-refractivity contribution in [3.05, 3.63) is 71.8 Å². The van der Waals surface area contributed by atoms with Crippen LogP contribution in [0.5, 0.6) is 0 Å². The van der Waals surface area contributed by atoms with E-state index < -0.39 is 0 Å². The number of hydrogen-bond donors (Lipinski definition) is 1. The number of rotatable bonds is 7. The molecule has 142 valence electrons. The number of hydrogen-bond acceptors (Lipinski definition) is 3. The van der Waals surface area contributed by atoms with Gasteiger partial charge < -0.3 is 15.1 Å². The molecule has 0 aliphatic carbocycles. The molecule has 5 heteroatoms. The second-order valence-corrected chi connectivity index (χ2v) is 7.30. The standard InChI is InChI=1S/C22H27N3O2/c1-24(2)20(18-11-7-4-8-12-18)14-23-22(27)19-13-21(26)25(16-19)15-17-9-5-3-6-10-17/h3-12,19-20H,13-16H2,1-2H3,(H,23,27)/t19-,20-/m1/s1. The molecule has 2 aromatic rings. The molecule has 0 spiro atoms. The topological polar surface area (TPSA) is 52.7 Å². The number of nitrogens with zero attached hydrogens (tertiary/aromatic N) is 2. The maximum absolute atomic E-state index is 12.6. The Morgan fingerprint density at radius 1 is 1.11 bits per heavy atom. The second-order valence-electron chi connectivity index (χ2n) is 7.30. The van der Waals surface area contributed by atoms with E-state index in [9.17, 15) is 9.59 Å². The van der Waals surface area contributed by atoms with Crippen molar-refractivity contribution in [3.63, 3.8) is 0 Å². The zero-order chi connectivity index (χ0) is 19.2. The quantitative estimate of drug-likeness (QED) is 0.820. The smallest absolute Gasteiger partial charge is 0.225 e. The number of amides is 2. The van der Waals surface area contributed by atoms with Gasteiger partial charge in [-0.15, -0.1) is 0 Å². The summed E-state index contributed by atoms with van der Waals surface area (Å²) in [6.45, 7) is 1.57. The Kier molecular flexibility index (Phi) is 6.24. The van der Waals surface area contributed by atoms with Crippen molar-refractivity contribution in [2.45, 2.75) is 19.0 Å². The van der Waals surface area contributed by atoms with Crippen LogP contribution >= 0.6 is 0 Å². The van der Waals surface area contributed by atoms with Crippen molar-refractivity contribution in [3.8, 4) is 0 Å². The van der Waals surface area contributed by atoms with E-state index in [-0.39, 0.29) is 30.2 Å². The maximum atomic E-state index is 12.6. The Balaban J connectivity index is 1.56. The van der Waals surface area contributed by atoms with Crippen molar-refractivity contribution < 1.29 is 9.59 Å². The highest BCUT2D eigenvalue weighted by Crippen LogP contribution is 2.21. The molecule has 1 aliphatic rings. The number of likely N-dealkylation sites (tertiary alicyclic amines) is 1. The summed E-state index contributed by atoms with van der Waals surface area (Å²) in [6, 6.07) is 20.1. The average Bonchev–Trinajstić information content (AvgIpc) is 3.04. The molecule has 0 bridgehead atoms. The Morgan fingerprint density at radius 2 is 1.74 bits per heavy atom. The van der Waals surface area contributed by atoms with Crippen LogP contribution < -0.4 is 5.32 Å². The third-order valence-electron chi connectivity index (χ3n) is 5.08. The monoisotopic (exact) mass is 365 g/mol. The van der Waals surface area contributed by atoms with Crippen molar-refractivity contribution in [2.75, 3.05) is 27.2 Å². The van der Waals surface area contributed by atoms with Gasteiger partial charge in [0.25, 0.3) is 0 Å². The first-order chi connectivity index (χ1) is 13.0. The van der Waals surface area contributed by atoms with Gasteiger partial charge in [0.2, 0.25) is 11.8 Å². The summed E-state index contributed by atoms with van der Waals surface area (Å²) in [7, 11) is 4.01. The lowest BCUT2D eigenvalue weighted by molar-refractivity contribution is -0.129. The predicted molar refractivity (Wildman–Crippen MR) is 106 cm³/mol. The van der Waals surface area contributed by atoms with Crippen LogP contribution in [0, 0.1) is 5.92 Å². The van der Waals surface area contributed by atoms with Crippen molar-refractivity contribution in [2.24, 2.45) is 5.92 Å². The molecule has 2 atom stereocenters. The normalized spacial score (nSPS) is 18.0. The van der Waals surface area contributed by atoms with Gasteiger partial charge in [-0.2, -0.15) is 0 Å². The van der Waals surface area contributed by atoms with Gasteiger partial charge in [-0.25, -0.2) is 0 Å². The van der Waals surface area contributed by atoms with E-state index in [2.05, 4.69) is 22.3 Å². The molecule has 1 saturated heterocycles. The molecule has 1 fully saturated rings. The summed E-state index contributed by atoms with van der Waals surface area (Å²) in [6.07, 6.45) is 0.288. The lowest BCUT2D eigenvalue weighted by Gasteiger charge is -2.25. The van der Waals surface area contributed by atoms with Crippen molar-refractivity contribution in [1.29, 1.82) is 0 Å².